The van der Waals surface area contributed by atoms with Gasteiger partial charge in [-0.25, -0.2) is 19.6 Å². The molecule has 1 aromatic carbocycles. The number of carbonyl (C=O) groups is 2. The highest BCUT2D eigenvalue weighted by Crippen LogP contribution is 2.21. The summed E-state index contributed by atoms with van der Waals surface area (Å²) in [5, 5.41) is 2.92. The first-order chi connectivity index (χ1) is 11.2. The second-order valence-electron chi connectivity index (χ2n) is 4.92. The minimum absolute atomic E-state index is 0.132. The molecule has 0 fully saturated rings. The van der Waals surface area contributed by atoms with Crippen LogP contribution in [0.3, 0.4) is 0 Å². The SMILES string of the molecule is O=C1OC(C(=O)OCCNc2ncccn2)Cc2ccccc21. The summed E-state index contributed by atoms with van der Waals surface area (Å²) in [6, 6.07) is 8.79. The number of ether oxygens (including phenoxy) is 2. The van der Waals surface area contributed by atoms with Gasteiger partial charge in [0, 0.05) is 18.8 Å². The van der Waals surface area contributed by atoms with Gasteiger partial charge in [-0.2, -0.15) is 0 Å². The normalized spacial score (nSPS) is 16.2. The van der Waals surface area contributed by atoms with Crippen molar-refractivity contribution in [3.8, 4) is 0 Å². The largest absolute Gasteiger partial charge is 0.461 e. The Morgan fingerprint density at radius 1 is 1.26 bits per heavy atom. The van der Waals surface area contributed by atoms with Crippen LogP contribution in [0.5, 0.6) is 0 Å². The van der Waals surface area contributed by atoms with Crippen LogP contribution in [0, 0.1) is 0 Å². The molecule has 7 heteroatoms. The molecule has 1 aromatic heterocycles. The molecule has 0 saturated heterocycles. The van der Waals surface area contributed by atoms with Crippen molar-refractivity contribution in [1.29, 1.82) is 0 Å². The van der Waals surface area contributed by atoms with Crippen LogP contribution in [0.15, 0.2) is 42.7 Å². The number of anilines is 1. The molecule has 0 bridgehead atoms. The first kappa shape index (κ1) is 15.0. The number of rotatable bonds is 5. The maximum Gasteiger partial charge on any atom is 0.347 e. The number of hydrogen-bond acceptors (Lipinski definition) is 7. The molecule has 23 heavy (non-hydrogen) atoms. The number of esters is 2. The van der Waals surface area contributed by atoms with Gasteiger partial charge in [-0.15, -0.1) is 0 Å². The van der Waals surface area contributed by atoms with E-state index >= 15 is 0 Å². The monoisotopic (exact) mass is 313 g/mol. The summed E-state index contributed by atoms with van der Waals surface area (Å²) in [7, 11) is 0. The number of cyclic esters (lactones) is 1. The molecule has 3 rings (SSSR count). The zero-order valence-electron chi connectivity index (χ0n) is 12.3. The van der Waals surface area contributed by atoms with Gasteiger partial charge in [0.2, 0.25) is 12.1 Å². The van der Waals surface area contributed by atoms with Gasteiger partial charge in [-0.3, -0.25) is 0 Å². The smallest absolute Gasteiger partial charge is 0.347 e. The van der Waals surface area contributed by atoms with Crippen LogP contribution >= 0.6 is 0 Å². The van der Waals surface area contributed by atoms with E-state index in [1.54, 1.807) is 30.6 Å². The molecule has 1 atom stereocenters. The van der Waals surface area contributed by atoms with E-state index in [2.05, 4.69) is 15.3 Å². The molecule has 0 spiro atoms. The third-order valence-corrected chi connectivity index (χ3v) is 3.35. The summed E-state index contributed by atoms with van der Waals surface area (Å²) in [4.78, 5) is 31.8. The van der Waals surface area contributed by atoms with Crippen molar-refractivity contribution in [2.45, 2.75) is 12.5 Å². The lowest BCUT2D eigenvalue weighted by Gasteiger charge is -2.23. The van der Waals surface area contributed by atoms with Crippen molar-refractivity contribution in [3.63, 3.8) is 0 Å². The standard InChI is InChI=1S/C16H15N3O4/c20-14-12-5-2-1-4-11(12)10-13(23-14)15(21)22-9-8-19-16-17-6-3-7-18-16/h1-7,13H,8-10H2,(H,17,18,19). The van der Waals surface area contributed by atoms with E-state index < -0.39 is 18.0 Å². The minimum atomic E-state index is -0.898. The summed E-state index contributed by atoms with van der Waals surface area (Å²) in [5.74, 6) is -0.588. The van der Waals surface area contributed by atoms with E-state index in [-0.39, 0.29) is 6.61 Å². The fraction of sp³-hybridized carbons (Fsp3) is 0.250. The molecule has 7 nitrogen and oxygen atoms in total. The van der Waals surface area contributed by atoms with Crippen molar-refractivity contribution in [2.24, 2.45) is 0 Å². The highest BCUT2D eigenvalue weighted by molar-refractivity contribution is 5.94. The molecule has 1 N–H and O–H groups in total. The zero-order valence-corrected chi connectivity index (χ0v) is 12.3. The highest BCUT2D eigenvalue weighted by atomic mass is 16.6. The molecule has 1 unspecified atom stereocenters. The van der Waals surface area contributed by atoms with Gasteiger partial charge < -0.3 is 14.8 Å². The maximum absolute atomic E-state index is 12.0. The average molecular weight is 313 g/mol. The quantitative estimate of drug-likeness (QED) is 0.655. The average Bonchev–Trinajstić information content (AvgIpc) is 2.59. The highest BCUT2D eigenvalue weighted by Gasteiger charge is 2.32. The molecule has 118 valence electrons. The Morgan fingerprint density at radius 2 is 2.04 bits per heavy atom. The fourth-order valence-electron chi connectivity index (χ4n) is 2.26. The topological polar surface area (TPSA) is 90.4 Å². The first-order valence-corrected chi connectivity index (χ1v) is 7.20. The van der Waals surface area contributed by atoms with Gasteiger partial charge in [-0.1, -0.05) is 18.2 Å². The molecular formula is C16H15N3O4. The molecule has 2 aromatic rings. The van der Waals surface area contributed by atoms with E-state index in [4.69, 9.17) is 9.47 Å². The van der Waals surface area contributed by atoms with Crippen LogP contribution in [0.25, 0.3) is 0 Å². The summed E-state index contributed by atoms with van der Waals surface area (Å²) in [6.45, 7) is 0.500. The molecule has 0 radical (unpaired) electrons. The Morgan fingerprint density at radius 3 is 2.87 bits per heavy atom. The Kier molecular flexibility index (Phi) is 4.46. The van der Waals surface area contributed by atoms with Crippen molar-refractivity contribution >= 4 is 17.9 Å². The fourth-order valence-corrected chi connectivity index (χ4v) is 2.26. The summed E-state index contributed by atoms with van der Waals surface area (Å²) >= 11 is 0. The van der Waals surface area contributed by atoms with Gasteiger partial charge in [0.15, 0.2) is 0 Å². The van der Waals surface area contributed by atoms with Crippen molar-refractivity contribution < 1.29 is 19.1 Å². The minimum Gasteiger partial charge on any atom is -0.461 e. The summed E-state index contributed by atoms with van der Waals surface area (Å²) in [5.41, 5.74) is 1.29. The number of benzene rings is 1. The van der Waals surface area contributed by atoms with E-state index in [0.29, 0.717) is 24.5 Å². The predicted molar refractivity (Wildman–Crippen MR) is 80.8 cm³/mol. The van der Waals surface area contributed by atoms with Crippen LogP contribution < -0.4 is 5.32 Å². The number of carbonyl (C=O) groups excluding carboxylic acids is 2. The Balaban J connectivity index is 1.49. The Bertz CT molecular complexity index is 705. The van der Waals surface area contributed by atoms with Crippen LogP contribution in [0.1, 0.15) is 15.9 Å². The maximum atomic E-state index is 12.0. The lowest BCUT2D eigenvalue weighted by Crippen LogP contribution is -2.36. The van der Waals surface area contributed by atoms with Crippen molar-refractivity contribution in [1.82, 2.24) is 9.97 Å². The molecule has 0 saturated carbocycles. The first-order valence-electron chi connectivity index (χ1n) is 7.20. The van der Waals surface area contributed by atoms with E-state index in [1.807, 2.05) is 12.1 Å². The molecule has 1 aliphatic rings. The lowest BCUT2D eigenvalue weighted by molar-refractivity contribution is -0.153. The van der Waals surface area contributed by atoms with Gasteiger partial charge in [-0.05, 0) is 17.7 Å². The second kappa shape index (κ2) is 6.87. The number of aromatic nitrogens is 2. The van der Waals surface area contributed by atoms with Gasteiger partial charge in [0.1, 0.15) is 6.61 Å². The molecule has 2 heterocycles. The van der Waals surface area contributed by atoms with Crippen molar-refractivity contribution in [2.75, 3.05) is 18.5 Å². The Labute approximate surface area is 132 Å². The zero-order chi connectivity index (χ0) is 16.1. The summed E-state index contributed by atoms with van der Waals surface area (Å²) in [6.07, 6.45) is 2.65. The number of fused-ring (bicyclic) bond motifs is 1. The second-order valence-corrected chi connectivity index (χ2v) is 4.92. The van der Waals surface area contributed by atoms with Crippen LogP contribution in [0.2, 0.25) is 0 Å². The summed E-state index contributed by atoms with van der Waals surface area (Å²) < 4.78 is 10.3. The number of nitrogens with zero attached hydrogens (tertiary/aromatic N) is 2. The Hall–Kier alpha value is -2.96. The molecule has 0 aliphatic carbocycles. The van der Waals surface area contributed by atoms with Gasteiger partial charge in [0.05, 0.1) is 12.1 Å². The predicted octanol–water partition coefficient (Wildman–Crippen LogP) is 1.21. The lowest BCUT2D eigenvalue weighted by atomic mass is 9.99. The molecule has 1 aliphatic heterocycles. The van der Waals surface area contributed by atoms with E-state index in [0.717, 1.165) is 5.56 Å². The van der Waals surface area contributed by atoms with Crippen LogP contribution in [-0.2, 0) is 20.7 Å². The molecular weight excluding hydrogens is 298 g/mol. The number of hydrogen-bond donors (Lipinski definition) is 1. The van der Waals surface area contributed by atoms with Crippen LogP contribution in [0.4, 0.5) is 5.95 Å². The third-order valence-electron chi connectivity index (χ3n) is 3.35. The van der Waals surface area contributed by atoms with Gasteiger partial charge >= 0.3 is 11.9 Å². The van der Waals surface area contributed by atoms with Crippen LogP contribution in [-0.4, -0.2) is 41.2 Å². The van der Waals surface area contributed by atoms with Gasteiger partial charge in [0.25, 0.3) is 0 Å². The number of nitrogens with one attached hydrogen (secondary N) is 1. The third kappa shape index (κ3) is 3.63. The van der Waals surface area contributed by atoms with Crippen molar-refractivity contribution in [3.05, 3.63) is 53.9 Å². The molecule has 0 amide bonds. The van der Waals surface area contributed by atoms with E-state index in [9.17, 15) is 9.59 Å². The van der Waals surface area contributed by atoms with E-state index in [1.165, 1.54) is 0 Å².